The van der Waals surface area contributed by atoms with Gasteiger partial charge >= 0.3 is 0 Å². The molecule has 1 aliphatic rings. The fourth-order valence-corrected chi connectivity index (χ4v) is 2.58. The third kappa shape index (κ3) is 1.62. The van der Waals surface area contributed by atoms with E-state index in [-0.39, 0.29) is 0 Å². The van der Waals surface area contributed by atoms with Crippen molar-refractivity contribution in [2.75, 3.05) is 6.54 Å². The van der Waals surface area contributed by atoms with Crippen molar-refractivity contribution >= 4 is 10.9 Å². The smallest absolute Gasteiger partial charge is 0.0502 e. The van der Waals surface area contributed by atoms with E-state index in [9.17, 15) is 0 Å². The summed E-state index contributed by atoms with van der Waals surface area (Å²) in [6, 6.07) is 9.28. The van der Waals surface area contributed by atoms with Crippen molar-refractivity contribution in [2.45, 2.75) is 24.9 Å². The van der Waals surface area contributed by atoms with Crippen LogP contribution in [0.4, 0.5) is 0 Å². The summed E-state index contributed by atoms with van der Waals surface area (Å²) >= 11 is 0. The van der Waals surface area contributed by atoms with Crippen LogP contribution in [0.3, 0.4) is 0 Å². The summed E-state index contributed by atoms with van der Waals surface area (Å²) in [7, 11) is 0. The van der Waals surface area contributed by atoms with E-state index in [4.69, 9.17) is 5.73 Å². The van der Waals surface area contributed by atoms with E-state index >= 15 is 0 Å². The number of benzene rings is 1. The molecule has 1 aliphatic heterocycles. The summed E-state index contributed by atoms with van der Waals surface area (Å²) in [4.78, 5) is 3.32. The first-order valence-corrected chi connectivity index (χ1v) is 5.89. The number of aromatic nitrogens is 1. The Balaban J connectivity index is 2.01. The van der Waals surface area contributed by atoms with Crippen LogP contribution in [-0.4, -0.2) is 17.6 Å². The third-order valence-electron chi connectivity index (χ3n) is 3.44. The second-order valence-electron chi connectivity index (χ2n) is 4.58. The number of piperidine rings is 1. The molecule has 3 nitrogen and oxygen atoms in total. The Hall–Kier alpha value is -1.32. The minimum atomic E-state index is 0.330. The maximum absolute atomic E-state index is 6.03. The molecular weight excluding hydrogens is 198 g/mol. The van der Waals surface area contributed by atoms with E-state index < -0.39 is 0 Å². The summed E-state index contributed by atoms with van der Waals surface area (Å²) in [5.74, 6) is 0. The highest BCUT2D eigenvalue weighted by atomic mass is 14.9. The molecule has 0 bridgehead atoms. The molecule has 0 spiro atoms. The molecule has 16 heavy (non-hydrogen) atoms. The van der Waals surface area contributed by atoms with Gasteiger partial charge in [0.2, 0.25) is 0 Å². The number of rotatable bonds is 1. The van der Waals surface area contributed by atoms with Crippen LogP contribution in [0.5, 0.6) is 0 Å². The molecule has 2 atom stereocenters. The highest BCUT2D eigenvalue weighted by Crippen LogP contribution is 2.28. The summed E-state index contributed by atoms with van der Waals surface area (Å²) < 4.78 is 0. The van der Waals surface area contributed by atoms with Gasteiger partial charge in [0, 0.05) is 18.3 Å². The quantitative estimate of drug-likeness (QED) is 0.680. The van der Waals surface area contributed by atoms with Gasteiger partial charge in [-0.2, -0.15) is 0 Å². The number of hydrogen-bond acceptors (Lipinski definition) is 2. The predicted octanol–water partition coefficient (Wildman–Crippen LogP) is 1.92. The highest BCUT2D eigenvalue weighted by molar-refractivity contribution is 5.82. The maximum atomic E-state index is 6.03. The first-order chi connectivity index (χ1) is 7.84. The van der Waals surface area contributed by atoms with Crippen molar-refractivity contribution < 1.29 is 0 Å². The number of H-pyrrole nitrogens is 1. The van der Waals surface area contributed by atoms with Crippen LogP contribution in [0.2, 0.25) is 0 Å². The van der Waals surface area contributed by atoms with Gasteiger partial charge in [-0.15, -0.1) is 0 Å². The van der Waals surface area contributed by atoms with Crippen molar-refractivity contribution in [3.8, 4) is 0 Å². The van der Waals surface area contributed by atoms with Gasteiger partial charge in [-0.25, -0.2) is 0 Å². The Morgan fingerprint density at radius 3 is 3.06 bits per heavy atom. The second kappa shape index (κ2) is 3.92. The van der Waals surface area contributed by atoms with Crippen molar-refractivity contribution in [2.24, 2.45) is 5.73 Å². The molecule has 1 saturated heterocycles. The Morgan fingerprint density at radius 1 is 1.25 bits per heavy atom. The highest BCUT2D eigenvalue weighted by Gasteiger charge is 2.21. The lowest BCUT2D eigenvalue weighted by molar-refractivity contribution is 0.371. The Kier molecular flexibility index (Phi) is 2.42. The second-order valence-corrected chi connectivity index (χ2v) is 4.58. The van der Waals surface area contributed by atoms with Crippen LogP contribution in [0, 0.1) is 0 Å². The van der Waals surface area contributed by atoms with E-state index in [1.165, 1.54) is 16.5 Å². The number of nitrogens with one attached hydrogen (secondary N) is 2. The van der Waals surface area contributed by atoms with E-state index in [2.05, 4.69) is 34.6 Å². The first kappa shape index (κ1) is 9.87. The molecule has 4 N–H and O–H groups in total. The molecule has 3 rings (SSSR count). The van der Waals surface area contributed by atoms with E-state index in [1.54, 1.807) is 0 Å². The topological polar surface area (TPSA) is 53.8 Å². The predicted molar refractivity (Wildman–Crippen MR) is 66.3 cm³/mol. The molecule has 3 heteroatoms. The molecule has 1 aromatic heterocycles. The lowest BCUT2D eigenvalue weighted by atomic mass is 9.93. The Labute approximate surface area is 95.0 Å². The molecule has 0 amide bonds. The molecular formula is C13H17N3. The van der Waals surface area contributed by atoms with Crippen LogP contribution in [0.25, 0.3) is 10.9 Å². The van der Waals surface area contributed by atoms with Gasteiger partial charge in [0.05, 0.1) is 5.52 Å². The van der Waals surface area contributed by atoms with Gasteiger partial charge in [0.15, 0.2) is 0 Å². The van der Waals surface area contributed by atoms with Gasteiger partial charge in [0.1, 0.15) is 0 Å². The van der Waals surface area contributed by atoms with Crippen LogP contribution < -0.4 is 11.1 Å². The fraction of sp³-hybridized carbons (Fsp3) is 0.385. The summed E-state index contributed by atoms with van der Waals surface area (Å²) in [5, 5.41) is 4.82. The Morgan fingerprint density at radius 2 is 2.19 bits per heavy atom. The summed E-state index contributed by atoms with van der Waals surface area (Å²) in [6.45, 7) is 1.02. The number of aromatic amines is 1. The van der Waals surface area contributed by atoms with Crippen LogP contribution >= 0.6 is 0 Å². The van der Waals surface area contributed by atoms with Gasteiger partial charge < -0.3 is 16.0 Å². The van der Waals surface area contributed by atoms with Crippen molar-refractivity contribution in [3.05, 3.63) is 36.0 Å². The van der Waals surface area contributed by atoms with Crippen LogP contribution in [0.1, 0.15) is 24.4 Å². The largest absolute Gasteiger partial charge is 0.361 e. The van der Waals surface area contributed by atoms with Gasteiger partial charge in [-0.3, -0.25) is 0 Å². The lowest BCUT2D eigenvalue weighted by Crippen LogP contribution is -2.38. The lowest BCUT2D eigenvalue weighted by Gasteiger charge is -2.28. The standard InChI is InChI=1S/C13H17N3/c14-10-5-7-15-12(8-10)11-3-1-2-9-4-6-16-13(9)11/h1-4,6,10,12,15-16H,5,7-8,14H2. The summed E-state index contributed by atoms with van der Waals surface area (Å²) in [6.07, 6.45) is 4.10. The fourth-order valence-electron chi connectivity index (χ4n) is 2.58. The number of para-hydroxylation sites is 1. The number of nitrogens with two attached hydrogens (primary N) is 1. The van der Waals surface area contributed by atoms with Crippen LogP contribution in [0.15, 0.2) is 30.5 Å². The zero-order valence-corrected chi connectivity index (χ0v) is 9.24. The van der Waals surface area contributed by atoms with Crippen molar-refractivity contribution in [3.63, 3.8) is 0 Å². The van der Waals surface area contributed by atoms with Gasteiger partial charge in [-0.05, 0) is 36.4 Å². The molecule has 0 aliphatic carbocycles. The molecule has 84 valence electrons. The van der Waals surface area contributed by atoms with E-state index in [0.717, 1.165) is 19.4 Å². The molecule has 0 radical (unpaired) electrons. The van der Waals surface area contributed by atoms with Crippen molar-refractivity contribution in [1.29, 1.82) is 0 Å². The normalized spacial score (nSPS) is 26.1. The molecule has 0 saturated carbocycles. The SMILES string of the molecule is NC1CCNC(c2cccc3cc[nH]c23)C1. The van der Waals surface area contributed by atoms with Gasteiger partial charge in [0.25, 0.3) is 0 Å². The van der Waals surface area contributed by atoms with E-state index in [1.807, 2.05) is 6.20 Å². The molecule has 1 aromatic carbocycles. The zero-order chi connectivity index (χ0) is 11.0. The van der Waals surface area contributed by atoms with Crippen molar-refractivity contribution in [1.82, 2.24) is 10.3 Å². The number of fused-ring (bicyclic) bond motifs is 1. The van der Waals surface area contributed by atoms with Crippen LogP contribution in [-0.2, 0) is 0 Å². The van der Waals surface area contributed by atoms with Gasteiger partial charge in [-0.1, -0.05) is 18.2 Å². The summed E-state index contributed by atoms with van der Waals surface area (Å²) in [5.41, 5.74) is 8.62. The zero-order valence-electron chi connectivity index (χ0n) is 9.24. The third-order valence-corrected chi connectivity index (χ3v) is 3.44. The number of hydrogen-bond donors (Lipinski definition) is 3. The maximum Gasteiger partial charge on any atom is 0.0502 e. The first-order valence-electron chi connectivity index (χ1n) is 5.89. The van der Waals surface area contributed by atoms with E-state index in [0.29, 0.717) is 12.1 Å². The minimum absolute atomic E-state index is 0.330. The molecule has 2 unspecified atom stereocenters. The molecule has 1 fully saturated rings. The molecule has 2 aromatic rings. The monoisotopic (exact) mass is 215 g/mol. The average Bonchev–Trinajstić information content (AvgIpc) is 2.76. The Bertz CT molecular complexity index is 489. The molecule has 2 heterocycles. The minimum Gasteiger partial charge on any atom is -0.361 e. The average molecular weight is 215 g/mol.